The molecule has 0 aromatic heterocycles. The van der Waals surface area contributed by atoms with Gasteiger partial charge in [-0.05, 0) is 38.1 Å². The first-order chi connectivity index (χ1) is 10.1. The van der Waals surface area contributed by atoms with Crippen molar-refractivity contribution >= 4 is 17.6 Å². The maximum atomic E-state index is 11.8. The van der Waals surface area contributed by atoms with Gasteiger partial charge in [0, 0.05) is 5.69 Å². The van der Waals surface area contributed by atoms with Gasteiger partial charge in [0.05, 0.1) is 26.4 Å². The number of esters is 2. The van der Waals surface area contributed by atoms with Crippen LogP contribution >= 0.6 is 0 Å². The molecule has 6 heteroatoms. The van der Waals surface area contributed by atoms with Crippen molar-refractivity contribution in [2.24, 2.45) is 0 Å². The number of hydrogen-bond donors (Lipinski definition) is 1. The molecule has 0 heterocycles. The zero-order chi connectivity index (χ0) is 15.7. The lowest BCUT2D eigenvalue weighted by Crippen LogP contribution is -2.17. The van der Waals surface area contributed by atoms with Crippen molar-refractivity contribution in [2.75, 3.05) is 25.6 Å². The maximum absolute atomic E-state index is 11.8. The minimum absolute atomic E-state index is 0.0143. The van der Waals surface area contributed by atoms with Crippen LogP contribution in [-0.2, 0) is 19.1 Å². The van der Waals surface area contributed by atoms with E-state index in [2.05, 4.69) is 5.32 Å². The Balaban J connectivity index is 2.89. The minimum atomic E-state index is -0.624. The van der Waals surface area contributed by atoms with Gasteiger partial charge in [-0.25, -0.2) is 9.59 Å². The monoisotopic (exact) mass is 293 g/mol. The summed E-state index contributed by atoms with van der Waals surface area (Å²) in [4.78, 5) is 23.3. The summed E-state index contributed by atoms with van der Waals surface area (Å²) >= 11 is 0. The van der Waals surface area contributed by atoms with Gasteiger partial charge in [-0.3, -0.25) is 0 Å². The number of carbonyl (C=O) groups is 2. The molecule has 21 heavy (non-hydrogen) atoms. The third-order valence-corrected chi connectivity index (χ3v) is 2.41. The molecule has 0 unspecified atom stereocenters. The fraction of sp³-hybridized carbons (Fsp3) is 0.333. The molecular weight excluding hydrogens is 274 g/mol. The third-order valence-electron chi connectivity index (χ3n) is 2.41. The summed E-state index contributed by atoms with van der Waals surface area (Å²) in [5.74, 6) is -0.546. The number of nitrogens with one attached hydrogen (secondary N) is 1. The molecule has 0 atom stereocenters. The van der Waals surface area contributed by atoms with Crippen LogP contribution in [0.1, 0.15) is 13.8 Å². The van der Waals surface area contributed by atoms with Crippen LogP contribution in [0.5, 0.6) is 5.75 Å². The van der Waals surface area contributed by atoms with Crippen molar-refractivity contribution in [3.8, 4) is 5.75 Å². The Labute approximate surface area is 123 Å². The molecule has 0 bridgehead atoms. The summed E-state index contributed by atoms with van der Waals surface area (Å²) in [6, 6.07) is 6.90. The van der Waals surface area contributed by atoms with Crippen LogP contribution in [0, 0.1) is 0 Å². The summed E-state index contributed by atoms with van der Waals surface area (Å²) in [5, 5.41) is 2.83. The topological polar surface area (TPSA) is 73.9 Å². The van der Waals surface area contributed by atoms with Gasteiger partial charge in [-0.2, -0.15) is 0 Å². The van der Waals surface area contributed by atoms with Crippen LogP contribution in [0.25, 0.3) is 0 Å². The molecule has 1 aromatic rings. The molecule has 1 N–H and O–H groups in total. The van der Waals surface area contributed by atoms with E-state index in [0.29, 0.717) is 11.4 Å². The molecule has 0 aliphatic carbocycles. The number of ether oxygens (including phenoxy) is 3. The quantitative estimate of drug-likeness (QED) is 0.613. The van der Waals surface area contributed by atoms with E-state index in [1.54, 1.807) is 45.2 Å². The standard InChI is InChI=1S/C15H19NO5/c1-4-20-14(17)10-13(15(18)21-5-2)16-11-6-8-12(19-3)9-7-11/h6-10,16H,4-5H2,1-3H3/b13-10-. The van der Waals surface area contributed by atoms with Gasteiger partial charge in [0.1, 0.15) is 11.4 Å². The second-order valence-electron chi connectivity index (χ2n) is 3.88. The van der Waals surface area contributed by atoms with E-state index >= 15 is 0 Å². The lowest BCUT2D eigenvalue weighted by atomic mass is 10.3. The molecule has 114 valence electrons. The Bertz CT molecular complexity index is 507. The number of rotatable bonds is 7. The molecule has 0 saturated carbocycles. The van der Waals surface area contributed by atoms with E-state index in [-0.39, 0.29) is 18.9 Å². The Kier molecular flexibility index (Phi) is 6.80. The molecule has 1 rings (SSSR count). The summed E-state index contributed by atoms with van der Waals surface area (Å²) in [6.07, 6.45) is 1.08. The molecule has 0 radical (unpaired) electrons. The molecular formula is C15H19NO5. The highest BCUT2D eigenvalue weighted by atomic mass is 16.5. The van der Waals surface area contributed by atoms with Crippen LogP contribution in [0.4, 0.5) is 5.69 Å². The van der Waals surface area contributed by atoms with E-state index in [1.165, 1.54) is 0 Å². The highest BCUT2D eigenvalue weighted by Crippen LogP contribution is 2.17. The molecule has 0 fully saturated rings. The Morgan fingerprint density at radius 1 is 1.10 bits per heavy atom. The smallest absolute Gasteiger partial charge is 0.355 e. The van der Waals surface area contributed by atoms with Gasteiger partial charge < -0.3 is 19.5 Å². The van der Waals surface area contributed by atoms with Gasteiger partial charge >= 0.3 is 11.9 Å². The van der Waals surface area contributed by atoms with Gasteiger partial charge in [0.25, 0.3) is 0 Å². The summed E-state index contributed by atoms with van der Waals surface area (Å²) in [6.45, 7) is 3.82. The second kappa shape index (κ2) is 8.63. The van der Waals surface area contributed by atoms with Gasteiger partial charge in [-0.15, -0.1) is 0 Å². The first-order valence-corrected chi connectivity index (χ1v) is 6.57. The molecule has 1 aromatic carbocycles. The normalized spacial score (nSPS) is 10.7. The van der Waals surface area contributed by atoms with E-state index in [9.17, 15) is 9.59 Å². The number of methoxy groups -OCH3 is 1. The number of anilines is 1. The summed E-state index contributed by atoms with van der Waals surface area (Å²) in [7, 11) is 1.56. The van der Waals surface area contributed by atoms with Crippen LogP contribution < -0.4 is 10.1 Å². The first kappa shape index (κ1) is 16.6. The zero-order valence-corrected chi connectivity index (χ0v) is 12.3. The summed E-state index contributed by atoms with van der Waals surface area (Å²) < 4.78 is 14.7. The van der Waals surface area contributed by atoms with Crippen LogP contribution in [-0.4, -0.2) is 32.3 Å². The van der Waals surface area contributed by atoms with Crippen molar-refractivity contribution < 1.29 is 23.8 Å². The lowest BCUT2D eigenvalue weighted by molar-refractivity contribution is -0.140. The van der Waals surface area contributed by atoms with Gasteiger partial charge in [-0.1, -0.05) is 0 Å². The fourth-order valence-corrected chi connectivity index (χ4v) is 1.49. The minimum Gasteiger partial charge on any atom is -0.497 e. The number of benzene rings is 1. The molecule has 6 nitrogen and oxygen atoms in total. The van der Waals surface area contributed by atoms with Gasteiger partial charge in [0.15, 0.2) is 0 Å². The van der Waals surface area contributed by atoms with Crippen LogP contribution in [0.15, 0.2) is 36.0 Å². The Morgan fingerprint density at radius 3 is 2.24 bits per heavy atom. The predicted octanol–water partition coefficient (Wildman–Crippen LogP) is 2.12. The van der Waals surface area contributed by atoms with Gasteiger partial charge in [0.2, 0.25) is 0 Å². The fourth-order valence-electron chi connectivity index (χ4n) is 1.49. The van der Waals surface area contributed by atoms with Crippen molar-refractivity contribution in [3.05, 3.63) is 36.0 Å². The van der Waals surface area contributed by atoms with E-state index < -0.39 is 11.9 Å². The average molecular weight is 293 g/mol. The predicted molar refractivity (Wildman–Crippen MR) is 78.0 cm³/mol. The summed E-state index contributed by atoms with van der Waals surface area (Å²) in [5.41, 5.74) is 0.639. The second-order valence-corrected chi connectivity index (χ2v) is 3.88. The number of carbonyl (C=O) groups excluding carboxylic acids is 2. The van der Waals surface area contributed by atoms with E-state index in [4.69, 9.17) is 14.2 Å². The lowest BCUT2D eigenvalue weighted by Gasteiger charge is -2.10. The Morgan fingerprint density at radius 2 is 1.71 bits per heavy atom. The largest absolute Gasteiger partial charge is 0.497 e. The molecule has 0 saturated heterocycles. The van der Waals surface area contributed by atoms with Crippen molar-refractivity contribution in [3.63, 3.8) is 0 Å². The maximum Gasteiger partial charge on any atom is 0.355 e. The molecule has 0 spiro atoms. The zero-order valence-electron chi connectivity index (χ0n) is 12.3. The van der Waals surface area contributed by atoms with Crippen molar-refractivity contribution in [2.45, 2.75) is 13.8 Å². The SMILES string of the molecule is CCOC(=O)/C=C(\Nc1ccc(OC)cc1)C(=O)OCC. The third kappa shape index (κ3) is 5.56. The highest BCUT2D eigenvalue weighted by molar-refractivity contribution is 5.98. The van der Waals surface area contributed by atoms with E-state index in [1.807, 2.05) is 0 Å². The van der Waals surface area contributed by atoms with Crippen molar-refractivity contribution in [1.82, 2.24) is 0 Å². The first-order valence-electron chi connectivity index (χ1n) is 6.57. The van der Waals surface area contributed by atoms with Crippen molar-refractivity contribution in [1.29, 1.82) is 0 Å². The average Bonchev–Trinajstić information content (AvgIpc) is 2.48. The van der Waals surface area contributed by atoms with Crippen LogP contribution in [0.2, 0.25) is 0 Å². The molecule has 0 aliphatic heterocycles. The van der Waals surface area contributed by atoms with Crippen LogP contribution in [0.3, 0.4) is 0 Å². The number of hydrogen-bond acceptors (Lipinski definition) is 6. The highest BCUT2D eigenvalue weighted by Gasteiger charge is 2.13. The molecule has 0 amide bonds. The van der Waals surface area contributed by atoms with E-state index in [0.717, 1.165) is 6.08 Å². The molecule has 0 aliphatic rings. The Hall–Kier alpha value is -2.50.